The molecule has 0 saturated carbocycles. The van der Waals surface area contributed by atoms with Crippen LogP contribution in [0.25, 0.3) is 6.08 Å². The number of aliphatic hydroxyl groups is 1. The Kier molecular flexibility index (Phi) is 2.48. The number of hydrogen-bond donors (Lipinski definition) is 2. The number of ether oxygens (including phenoxy) is 1. The normalized spacial score (nSPS) is 24.1. The van der Waals surface area contributed by atoms with Gasteiger partial charge in [-0.05, 0) is 25.1 Å². The molecule has 0 bridgehead atoms. The van der Waals surface area contributed by atoms with Gasteiger partial charge >= 0.3 is 0 Å². The molecular formula is C11H13NO3. The average molecular weight is 207 g/mol. The molecule has 80 valence electrons. The summed E-state index contributed by atoms with van der Waals surface area (Å²) in [7, 11) is 0. The van der Waals surface area contributed by atoms with E-state index < -0.39 is 5.91 Å². The number of nitrogens with zero attached hydrogens (tertiary/aromatic N) is 1. The van der Waals surface area contributed by atoms with Gasteiger partial charge in [0.25, 0.3) is 5.91 Å². The number of hydroxylamine groups is 1. The van der Waals surface area contributed by atoms with E-state index in [-0.39, 0.29) is 0 Å². The van der Waals surface area contributed by atoms with E-state index in [4.69, 9.17) is 4.74 Å². The first-order valence-electron chi connectivity index (χ1n) is 4.81. The third-order valence-corrected chi connectivity index (χ3v) is 2.31. The summed E-state index contributed by atoms with van der Waals surface area (Å²) in [6.45, 7) is 2.06. The summed E-state index contributed by atoms with van der Waals surface area (Å²) in [6.07, 6.45) is 3.14. The third-order valence-electron chi connectivity index (χ3n) is 2.31. The van der Waals surface area contributed by atoms with Crippen molar-refractivity contribution >= 4 is 11.8 Å². The predicted molar refractivity (Wildman–Crippen MR) is 56.3 cm³/mol. The van der Waals surface area contributed by atoms with Crippen molar-refractivity contribution in [1.29, 1.82) is 0 Å². The van der Waals surface area contributed by atoms with Gasteiger partial charge in [-0.3, -0.25) is 5.21 Å². The predicted octanol–water partition coefficient (Wildman–Crippen LogP) is 1.59. The Hall–Kier alpha value is -1.36. The first-order valence-corrected chi connectivity index (χ1v) is 4.81. The van der Waals surface area contributed by atoms with Crippen LogP contribution in [0.1, 0.15) is 12.5 Å². The quantitative estimate of drug-likeness (QED) is 0.723. The van der Waals surface area contributed by atoms with E-state index in [0.717, 1.165) is 10.6 Å². The molecule has 0 aliphatic carbocycles. The zero-order valence-electron chi connectivity index (χ0n) is 8.42. The minimum absolute atomic E-state index is 0.306. The molecule has 0 fully saturated rings. The minimum atomic E-state index is -1.76. The Bertz CT molecular complexity index is 391. The van der Waals surface area contributed by atoms with E-state index >= 15 is 0 Å². The van der Waals surface area contributed by atoms with Crippen molar-refractivity contribution in [3.63, 3.8) is 0 Å². The van der Waals surface area contributed by atoms with Gasteiger partial charge < -0.3 is 9.84 Å². The van der Waals surface area contributed by atoms with E-state index in [9.17, 15) is 10.3 Å². The smallest absolute Gasteiger partial charge is 0.293 e. The maximum absolute atomic E-state index is 9.95. The van der Waals surface area contributed by atoms with Crippen molar-refractivity contribution < 1.29 is 15.1 Å². The molecule has 0 aromatic heterocycles. The van der Waals surface area contributed by atoms with Crippen LogP contribution in [0.2, 0.25) is 0 Å². The zero-order valence-corrected chi connectivity index (χ0v) is 8.42. The fourth-order valence-electron chi connectivity index (χ4n) is 1.58. The third kappa shape index (κ3) is 1.63. The van der Waals surface area contributed by atoms with Crippen molar-refractivity contribution in [2.45, 2.75) is 12.8 Å². The van der Waals surface area contributed by atoms with Crippen molar-refractivity contribution in [1.82, 2.24) is 0 Å². The number of anilines is 1. The van der Waals surface area contributed by atoms with Crippen LogP contribution in [0, 0.1) is 0 Å². The molecule has 2 rings (SSSR count). The van der Waals surface area contributed by atoms with E-state index in [1.54, 1.807) is 25.1 Å². The van der Waals surface area contributed by atoms with Gasteiger partial charge in [0.1, 0.15) is 0 Å². The number of benzene rings is 1. The van der Waals surface area contributed by atoms with Crippen LogP contribution >= 0.6 is 0 Å². The van der Waals surface area contributed by atoms with E-state index in [0.29, 0.717) is 12.3 Å². The van der Waals surface area contributed by atoms with Crippen molar-refractivity contribution in [2.24, 2.45) is 0 Å². The highest BCUT2D eigenvalue weighted by Crippen LogP contribution is 2.32. The topological polar surface area (TPSA) is 52.9 Å². The zero-order chi connectivity index (χ0) is 10.9. The van der Waals surface area contributed by atoms with Crippen LogP contribution in [-0.4, -0.2) is 22.8 Å². The fourth-order valence-corrected chi connectivity index (χ4v) is 1.58. The lowest BCUT2D eigenvalue weighted by atomic mass is 10.1. The minimum Gasteiger partial charge on any atom is -0.344 e. The number of fused-ring (bicyclic) bond motifs is 1. The number of rotatable bonds is 2. The van der Waals surface area contributed by atoms with E-state index in [2.05, 4.69) is 0 Å². The molecule has 4 nitrogen and oxygen atoms in total. The molecule has 1 aromatic carbocycles. The SMILES string of the molecule is CCOC1(O)C=Cc2ccccc2N1O. The van der Waals surface area contributed by atoms with Gasteiger partial charge in [-0.1, -0.05) is 18.2 Å². The molecule has 1 aromatic rings. The van der Waals surface area contributed by atoms with Gasteiger partial charge in [-0.25, -0.2) is 0 Å². The van der Waals surface area contributed by atoms with E-state index in [1.807, 2.05) is 12.1 Å². The average Bonchev–Trinajstić information content (AvgIpc) is 2.25. The Morgan fingerprint density at radius 1 is 1.40 bits per heavy atom. The molecule has 1 aliphatic heterocycles. The molecule has 1 atom stereocenters. The molecule has 1 heterocycles. The summed E-state index contributed by atoms with van der Waals surface area (Å²) in [4.78, 5) is 0. The monoisotopic (exact) mass is 207 g/mol. The molecule has 2 N–H and O–H groups in total. The molecule has 15 heavy (non-hydrogen) atoms. The second-order valence-corrected chi connectivity index (χ2v) is 3.30. The van der Waals surface area contributed by atoms with Crippen molar-refractivity contribution in [2.75, 3.05) is 11.7 Å². The van der Waals surface area contributed by atoms with Gasteiger partial charge in [0.2, 0.25) is 0 Å². The molecule has 0 saturated heterocycles. The molecule has 1 unspecified atom stereocenters. The van der Waals surface area contributed by atoms with Crippen LogP contribution < -0.4 is 5.06 Å². The summed E-state index contributed by atoms with van der Waals surface area (Å²) in [5, 5.41) is 20.5. The van der Waals surface area contributed by atoms with Gasteiger partial charge in [0, 0.05) is 12.2 Å². The second-order valence-electron chi connectivity index (χ2n) is 3.30. The lowest BCUT2D eigenvalue weighted by molar-refractivity contribution is -0.199. The summed E-state index contributed by atoms with van der Waals surface area (Å²) < 4.78 is 5.08. The second kappa shape index (κ2) is 3.66. The van der Waals surface area contributed by atoms with Crippen LogP contribution in [0.3, 0.4) is 0 Å². The molecule has 0 spiro atoms. The van der Waals surface area contributed by atoms with Crippen molar-refractivity contribution in [3.05, 3.63) is 35.9 Å². The lowest BCUT2D eigenvalue weighted by Gasteiger charge is -2.36. The first kappa shape index (κ1) is 10.2. The highest BCUT2D eigenvalue weighted by Gasteiger charge is 2.35. The van der Waals surface area contributed by atoms with Gasteiger partial charge in [0.05, 0.1) is 5.69 Å². The standard InChI is InChI=1S/C11H13NO3/c1-2-15-11(13)8-7-9-5-3-4-6-10(9)12(11)14/h3-8,13-14H,2H2,1H3. The first-order chi connectivity index (χ1) is 7.17. The highest BCUT2D eigenvalue weighted by atomic mass is 16.7. The van der Waals surface area contributed by atoms with E-state index in [1.165, 1.54) is 6.08 Å². The largest absolute Gasteiger partial charge is 0.344 e. The van der Waals surface area contributed by atoms with Crippen LogP contribution in [0.15, 0.2) is 30.3 Å². The summed E-state index contributed by atoms with van der Waals surface area (Å²) in [5.41, 5.74) is 1.36. The molecule has 4 heteroatoms. The highest BCUT2D eigenvalue weighted by molar-refractivity contribution is 5.71. The molecular weight excluding hydrogens is 194 g/mol. The molecule has 0 amide bonds. The summed E-state index contributed by atoms with van der Waals surface area (Å²) >= 11 is 0. The number of para-hydroxylation sites is 1. The Morgan fingerprint density at radius 3 is 2.87 bits per heavy atom. The van der Waals surface area contributed by atoms with Crippen LogP contribution in [0.4, 0.5) is 5.69 Å². The van der Waals surface area contributed by atoms with Gasteiger partial charge in [-0.2, -0.15) is 5.06 Å². The fraction of sp³-hybridized carbons (Fsp3) is 0.273. The Balaban J connectivity index is 2.40. The Labute approximate surface area is 88.0 Å². The maximum Gasteiger partial charge on any atom is 0.293 e. The van der Waals surface area contributed by atoms with Crippen LogP contribution in [0.5, 0.6) is 0 Å². The van der Waals surface area contributed by atoms with Gasteiger partial charge in [-0.15, -0.1) is 0 Å². The van der Waals surface area contributed by atoms with Gasteiger partial charge in [0.15, 0.2) is 0 Å². The van der Waals surface area contributed by atoms with Crippen LogP contribution in [-0.2, 0) is 4.74 Å². The molecule has 0 radical (unpaired) electrons. The van der Waals surface area contributed by atoms with Crippen molar-refractivity contribution in [3.8, 4) is 0 Å². The molecule has 1 aliphatic rings. The maximum atomic E-state index is 9.95. The summed E-state index contributed by atoms with van der Waals surface area (Å²) in [5.74, 6) is -1.76. The summed E-state index contributed by atoms with van der Waals surface area (Å²) in [6, 6.07) is 7.21. The Morgan fingerprint density at radius 2 is 2.13 bits per heavy atom. The lowest BCUT2D eigenvalue weighted by Crippen LogP contribution is -2.49. The number of hydrogen-bond acceptors (Lipinski definition) is 4.